The van der Waals surface area contributed by atoms with E-state index in [1.807, 2.05) is 22.9 Å². The first-order chi connectivity index (χ1) is 15.8. The van der Waals surface area contributed by atoms with Crippen LogP contribution in [0.2, 0.25) is 0 Å². The van der Waals surface area contributed by atoms with Gasteiger partial charge in [0.1, 0.15) is 0 Å². The summed E-state index contributed by atoms with van der Waals surface area (Å²) in [5, 5.41) is 9.15. The average molecular weight is 473 g/mol. The smallest absolute Gasteiger partial charge is 0.335 e. The Morgan fingerprint density at radius 1 is 0.970 bits per heavy atom. The zero-order valence-electron chi connectivity index (χ0n) is 18.4. The second kappa shape index (κ2) is 8.80. The number of hydrogen-bond donors (Lipinski definition) is 1. The molecule has 33 heavy (non-hydrogen) atoms. The molecule has 1 aromatic heterocycles. The minimum absolute atomic E-state index is 0.0163. The molecule has 0 bridgehead atoms. The lowest BCUT2D eigenvalue weighted by Gasteiger charge is -2.36. The normalized spacial score (nSPS) is 16.2. The number of carboxylic acids is 1. The van der Waals surface area contributed by atoms with Crippen LogP contribution in [0.5, 0.6) is 17.2 Å². The molecule has 1 atom stereocenters. The highest BCUT2D eigenvalue weighted by molar-refractivity contribution is 7.89. The number of nitrogens with zero attached hydrogens (tertiary/aromatic N) is 2. The highest BCUT2D eigenvalue weighted by Crippen LogP contribution is 2.44. The molecule has 1 aliphatic heterocycles. The first kappa shape index (κ1) is 22.7. The van der Waals surface area contributed by atoms with Gasteiger partial charge in [0.05, 0.1) is 37.8 Å². The number of aromatic carboxylic acids is 1. The maximum Gasteiger partial charge on any atom is 0.335 e. The van der Waals surface area contributed by atoms with Crippen molar-refractivity contribution in [3.05, 3.63) is 71.5 Å². The molecule has 0 saturated heterocycles. The topological polar surface area (TPSA) is 107 Å². The monoisotopic (exact) mass is 472 g/mol. The molecule has 10 heteroatoms. The van der Waals surface area contributed by atoms with Gasteiger partial charge in [-0.2, -0.15) is 4.31 Å². The Labute approximate surface area is 191 Å². The fourth-order valence-corrected chi connectivity index (χ4v) is 5.70. The number of hydrogen-bond acceptors (Lipinski definition) is 6. The van der Waals surface area contributed by atoms with Crippen molar-refractivity contribution in [1.82, 2.24) is 8.87 Å². The van der Waals surface area contributed by atoms with E-state index >= 15 is 0 Å². The van der Waals surface area contributed by atoms with Crippen molar-refractivity contribution in [1.29, 1.82) is 0 Å². The third-order valence-electron chi connectivity index (χ3n) is 5.70. The van der Waals surface area contributed by atoms with Crippen molar-refractivity contribution in [3.8, 4) is 17.2 Å². The van der Waals surface area contributed by atoms with E-state index in [4.69, 9.17) is 19.3 Å². The minimum atomic E-state index is -3.96. The number of fused-ring (bicyclic) bond motifs is 1. The molecule has 2 aromatic carbocycles. The second-order valence-electron chi connectivity index (χ2n) is 7.43. The molecule has 2 heterocycles. The van der Waals surface area contributed by atoms with Gasteiger partial charge >= 0.3 is 5.97 Å². The van der Waals surface area contributed by atoms with Crippen LogP contribution < -0.4 is 14.2 Å². The van der Waals surface area contributed by atoms with Crippen LogP contribution in [-0.2, 0) is 16.6 Å². The third-order valence-corrected chi connectivity index (χ3v) is 7.58. The molecule has 174 valence electrons. The lowest BCUT2D eigenvalue weighted by atomic mass is 10.0. The quantitative estimate of drug-likeness (QED) is 0.563. The summed E-state index contributed by atoms with van der Waals surface area (Å²) in [6.07, 6.45) is 1.91. The molecule has 0 fully saturated rings. The molecule has 0 spiro atoms. The van der Waals surface area contributed by atoms with Gasteiger partial charge in [0, 0.05) is 25.0 Å². The Balaban J connectivity index is 1.86. The molecule has 9 nitrogen and oxygen atoms in total. The van der Waals surface area contributed by atoms with E-state index in [-0.39, 0.29) is 17.0 Å². The highest BCUT2D eigenvalue weighted by atomic mass is 32.2. The number of aromatic nitrogens is 1. The summed E-state index contributed by atoms with van der Waals surface area (Å²) in [5.41, 5.74) is 1.46. The summed E-state index contributed by atoms with van der Waals surface area (Å²) in [4.78, 5) is 11.2. The molecule has 0 amide bonds. The molecule has 0 radical (unpaired) electrons. The summed E-state index contributed by atoms with van der Waals surface area (Å²) < 4.78 is 47.2. The summed E-state index contributed by atoms with van der Waals surface area (Å²) in [7, 11) is 0.547. The van der Waals surface area contributed by atoms with Gasteiger partial charge in [-0.15, -0.1) is 0 Å². The molecular formula is C23H24N2O7S. The van der Waals surface area contributed by atoms with Gasteiger partial charge in [0.2, 0.25) is 15.8 Å². The molecule has 1 N–H and O–H groups in total. The van der Waals surface area contributed by atoms with Crippen molar-refractivity contribution in [2.24, 2.45) is 0 Å². The van der Waals surface area contributed by atoms with Gasteiger partial charge in [-0.25, -0.2) is 13.2 Å². The Morgan fingerprint density at radius 2 is 1.61 bits per heavy atom. The number of ether oxygens (including phenoxy) is 3. The summed E-state index contributed by atoms with van der Waals surface area (Å²) in [6, 6.07) is 11.8. The van der Waals surface area contributed by atoms with Gasteiger partial charge in [-0.1, -0.05) is 0 Å². The first-order valence-electron chi connectivity index (χ1n) is 10.1. The van der Waals surface area contributed by atoms with Crippen LogP contribution in [0.4, 0.5) is 0 Å². The predicted octanol–water partition coefficient (Wildman–Crippen LogP) is 3.01. The van der Waals surface area contributed by atoms with Crippen LogP contribution in [0, 0.1) is 0 Å². The lowest BCUT2D eigenvalue weighted by Crippen LogP contribution is -2.42. The van der Waals surface area contributed by atoms with Crippen molar-refractivity contribution in [3.63, 3.8) is 0 Å². The second-order valence-corrected chi connectivity index (χ2v) is 9.32. The standard InChI is InChI=1S/C23H24N2O7S/c1-30-19-13-16(14-20(31-2)22(19)32-3)21-18-5-4-10-24(18)11-12-25(21)33(28,29)17-8-6-15(7-9-17)23(26)27/h4-10,13-14,21H,11-12H2,1-3H3,(H,26,27). The van der Waals surface area contributed by atoms with E-state index in [0.717, 1.165) is 5.69 Å². The van der Waals surface area contributed by atoms with Crippen LogP contribution >= 0.6 is 0 Å². The minimum Gasteiger partial charge on any atom is -0.493 e. The van der Waals surface area contributed by atoms with Crippen LogP contribution in [0.1, 0.15) is 27.7 Å². The highest BCUT2D eigenvalue weighted by Gasteiger charge is 2.38. The van der Waals surface area contributed by atoms with Crippen LogP contribution in [0.15, 0.2) is 59.6 Å². The molecule has 0 saturated carbocycles. The molecule has 0 aliphatic carbocycles. The summed E-state index contributed by atoms with van der Waals surface area (Å²) in [6.45, 7) is 0.710. The third kappa shape index (κ3) is 3.91. The van der Waals surface area contributed by atoms with E-state index in [1.54, 1.807) is 12.1 Å². The Hall–Kier alpha value is -3.50. The van der Waals surface area contributed by atoms with Gasteiger partial charge in [0.25, 0.3) is 0 Å². The zero-order chi connectivity index (χ0) is 23.8. The fraction of sp³-hybridized carbons (Fsp3) is 0.261. The Kier molecular flexibility index (Phi) is 6.05. The van der Waals surface area contributed by atoms with Gasteiger partial charge in [0.15, 0.2) is 11.5 Å². The van der Waals surface area contributed by atoms with Crippen molar-refractivity contribution >= 4 is 16.0 Å². The largest absolute Gasteiger partial charge is 0.493 e. The Bertz CT molecular complexity index is 1260. The number of carbonyl (C=O) groups is 1. The van der Waals surface area contributed by atoms with Gasteiger partial charge in [-0.3, -0.25) is 0 Å². The number of benzene rings is 2. The fourth-order valence-electron chi connectivity index (χ4n) is 4.12. The number of sulfonamides is 1. The van der Waals surface area contributed by atoms with E-state index in [0.29, 0.717) is 29.4 Å². The molecule has 1 aliphatic rings. The SMILES string of the molecule is COc1cc(C2c3cccn3CCN2S(=O)(=O)c2ccc(C(=O)O)cc2)cc(OC)c1OC. The average Bonchev–Trinajstić information content (AvgIpc) is 3.31. The number of carboxylic acid groups (broad SMARTS) is 1. The van der Waals surface area contributed by atoms with E-state index in [9.17, 15) is 13.2 Å². The Morgan fingerprint density at radius 3 is 2.15 bits per heavy atom. The van der Waals surface area contributed by atoms with E-state index in [2.05, 4.69) is 0 Å². The molecule has 1 unspecified atom stereocenters. The number of methoxy groups -OCH3 is 3. The zero-order valence-corrected chi connectivity index (χ0v) is 19.2. The first-order valence-corrected chi connectivity index (χ1v) is 11.6. The summed E-state index contributed by atoms with van der Waals surface area (Å²) in [5.74, 6) is 0.121. The van der Waals surface area contributed by atoms with Gasteiger partial charge in [-0.05, 0) is 54.1 Å². The van der Waals surface area contributed by atoms with Crippen molar-refractivity contribution in [2.75, 3.05) is 27.9 Å². The van der Waals surface area contributed by atoms with Gasteiger partial charge < -0.3 is 23.9 Å². The van der Waals surface area contributed by atoms with Crippen LogP contribution in [-0.4, -0.2) is 56.2 Å². The maximum atomic E-state index is 13.7. The van der Waals surface area contributed by atoms with Crippen LogP contribution in [0.3, 0.4) is 0 Å². The van der Waals surface area contributed by atoms with Crippen LogP contribution in [0.25, 0.3) is 0 Å². The van der Waals surface area contributed by atoms with Crippen molar-refractivity contribution in [2.45, 2.75) is 17.5 Å². The maximum absolute atomic E-state index is 13.7. The predicted molar refractivity (Wildman–Crippen MR) is 120 cm³/mol. The summed E-state index contributed by atoms with van der Waals surface area (Å²) >= 11 is 0. The molecule has 3 aromatic rings. The number of rotatable bonds is 7. The molecular weight excluding hydrogens is 448 g/mol. The lowest BCUT2D eigenvalue weighted by molar-refractivity contribution is 0.0696. The molecule has 4 rings (SSSR count). The van der Waals surface area contributed by atoms with E-state index in [1.165, 1.54) is 49.9 Å². The van der Waals surface area contributed by atoms with Crippen molar-refractivity contribution < 1.29 is 32.5 Å². The van der Waals surface area contributed by atoms with E-state index < -0.39 is 22.0 Å².